The molecule has 0 atom stereocenters. The van der Waals surface area contributed by atoms with E-state index in [9.17, 15) is 0 Å². The molecule has 0 amide bonds. The van der Waals surface area contributed by atoms with Gasteiger partial charge in [0.25, 0.3) is 0 Å². The first-order chi connectivity index (χ1) is 37.8. The van der Waals surface area contributed by atoms with E-state index in [1.54, 1.807) is 0 Å². The van der Waals surface area contributed by atoms with E-state index in [1.807, 2.05) is 0 Å². The fourth-order valence-corrected chi connectivity index (χ4v) is 13.7. The lowest BCUT2D eigenvalue weighted by Gasteiger charge is -2.32. The fourth-order valence-electron chi connectivity index (χ4n) is 13.7. The second-order valence-corrected chi connectivity index (χ2v) is 23.7. The molecule has 4 nitrogen and oxygen atoms in total. The zero-order valence-electron chi connectivity index (χ0n) is 45.5. The topological polar surface area (TPSA) is 32.8 Å². The maximum atomic E-state index is 6.88. The second-order valence-electron chi connectivity index (χ2n) is 23.7. The predicted octanol–water partition coefficient (Wildman–Crippen LogP) is 21.6. The van der Waals surface area contributed by atoms with E-state index in [0.717, 1.165) is 88.2 Å². The van der Waals surface area contributed by atoms with Gasteiger partial charge in [-0.1, -0.05) is 177 Å². The van der Waals surface area contributed by atoms with Crippen LogP contribution in [0.25, 0.3) is 87.7 Å². The van der Waals surface area contributed by atoms with Gasteiger partial charge in [0.1, 0.15) is 22.3 Å². The summed E-state index contributed by atoms with van der Waals surface area (Å²) in [6.45, 7) is 18.7. The number of furan rings is 2. The van der Waals surface area contributed by atoms with Crippen molar-refractivity contribution in [1.82, 2.24) is 0 Å². The van der Waals surface area contributed by atoms with Crippen LogP contribution in [-0.4, -0.2) is 0 Å². The highest BCUT2D eigenvalue weighted by Crippen LogP contribution is 2.58. The monoisotopic (exact) mass is 1010 g/mol. The first-order valence-corrected chi connectivity index (χ1v) is 27.8. The molecule has 0 radical (unpaired) electrons. The molecule has 0 N–H and O–H groups in total. The summed E-state index contributed by atoms with van der Waals surface area (Å²) in [5.74, 6) is 0.601. The zero-order valence-corrected chi connectivity index (χ0v) is 45.5. The Morgan fingerprint density at radius 1 is 0.321 bits per heavy atom. The van der Waals surface area contributed by atoms with Crippen molar-refractivity contribution in [2.75, 3.05) is 9.80 Å². The van der Waals surface area contributed by atoms with Gasteiger partial charge in [0, 0.05) is 66.3 Å². The van der Waals surface area contributed by atoms with Gasteiger partial charge < -0.3 is 18.6 Å². The Kier molecular flexibility index (Phi) is 10.0. The van der Waals surface area contributed by atoms with Crippen LogP contribution in [0.5, 0.6) is 0 Å². The smallest absolute Gasteiger partial charge is 0.136 e. The van der Waals surface area contributed by atoms with Crippen LogP contribution >= 0.6 is 0 Å². The van der Waals surface area contributed by atoms with Crippen molar-refractivity contribution in [3.63, 3.8) is 0 Å². The van der Waals surface area contributed by atoms with Gasteiger partial charge in [0.15, 0.2) is 0 Å². The van der Waals surface area contributed by atoms with Crippen molar-refractivity contribution >= 4 is 99.5 Å². The number of fused-ring (bicyclic) bond motifs is 14. The minimum Gasteiger partial charge on any atom is -0.456 e. The summed E-state index contributed by atoms with van der Waals surface area (Å²) >= 11 is 0. The molecule has 2 aliphatic rings. The van der Waals surface area contributed by atoms with Crippen molar-refractivity contribution in [3.05, 3.63) is 240 Å². The largest absolute Gasteiger partial charge is 0.456 e. The van der Waals surface area contributed by atoms with Gasteiger partial charge in [-0.15, -0.1) is 0 Å². The van der Waals surface area contributed by atoms with Crippen LogP contribution in [0.15, 0.2) is 215 Å². The number of anilines is 6. The van der Waals surface area contributed by atoms with E-state index in [2.05, 4.69) is 271 Å². The average molecular weight is 1010 g/mol. The van der Waals surface area contributed by atoms with Gasteiger partial charge in [-0.2, -0.15) is 0 Å². The van der Waals surface area contributed by atoms with Gasteiger partial charge in [0.2, 0.25) is 0 Å². The molecule has 15 rings (SSSR count). The molecular weight excluding hydrogens is 949 g/mol. The third kappa shape index (κ3) is 6.71. The standard InChI is InChI=1S/C74H60N2O2/c1-43(2)53-31-33-63-69(55-23-15-17-25-61(55)73(63,5)6)71(53)75(49-19-11-9-12-20-49)51-29-27-45-37-57-59-41-68-60(42-67(59)77-65(57)39-47(45)35-51)58-38-46-28-30-52(36-48(46)40-66(58)78-68)76(50-21-13-10-14-22-50)72-54(44(3)4)32-34-64-70(72)56-24-16-18-26-62(56)74(64,7)8/h9-44H,1-8H3. The maximum Gasteiger partial charge on any atom is 0.136 e. The Morgan fingerprint density at radius 3 is 1.10 bits per heavy atom. The van der Waals surface area contributed by atoms with Gasteiger partial charge in [0.05, 0.1) is 11.4 Å². The molecular formula is C74H60N2O2. The first kappa shape index (κ1) is 46.4. The summed E-state index contributed by atoms with van der Waals surface area (Å²) in [6, 6.07) is 76.5. The Bertz CT molecular complexity index is 4330. The summed E-state index contributed by atoms with van der Waals surface area (Å²) in [7, 11) is 0. The quantitative estimate of drug-likeness (QED) is 0.152. The normalized spacial score (nSPS) is 14.1. The number of rotatable bonds is 8. The van der Waals surface area contributed by atoms with Crippen molar-refractivity contribution < 1.29 is 8.83 Å². The molecule has 0 saturated heterocycles. The molecule has 378 valence electrons. The summed E-state index contributed by atoms with van der Waals surface area (Å²) in [5, 5.41) is 8.78. The van der Waals surface area contributed by atoms with Crippen LogP contribution in [-0.2, 0) is 10.8 Å². The van der Waals surface area contributed by atoms with Crippen molar-refractivity contribution in [1.29, 1.82) is 0 Å². The van der Waals surface area contributed by atoms with Gasteiger partial charge >= 0.3 is 0 Å². The Labute approximate surface area is 455 Å². The number of nitrogens with zero attached hydrogens (tertiary/aromatic N) is 2. The van der Waals surface area contributed by atoms with Crippen LogP contribution in [0.3, 0.4) is 0 Å². The molecule has 0 bridgehead atoms. The summed E-state index contributed by atoms with van der Waals surface area (Å²) in [6.07, 6.45) is 0. The highest BCUT2D eigenvalue weighted by molar-refractivity contribution is 6.18. The Balaban J connectivity index is 0.850. The second kappa shape index (κ2) is 16.8. The van der Waals surface area contributed by atoms with E-state index in [-0.39, 0.29) is 10.8 Å². The highest BCUT2D eigenvalue weighted by Gasteiger charge is 2.41. The third-order valence-electron chi connectivity index (χ3n) is 17.7. The number of hydrogen-bond acceptors (Lipinski definition) is 4. The van der Waals surface area contributed by atoms with Crippen LogP contribution in [0.2, 0.25) is 0 Å². The summed E-state index contributed by atoms with van der Waals surface area (Å²) < 4.78 is 13.8. The Morgan fingerprint density at radius 2 is 0.692 bits per heavy atom. The summed E-state index contributed by atoms with van der Waals surface area (Å²) in [4.78, 5) is 4.99. The van der Waals surface area contributed by atoms with E-state index < -0.39 is 0 Å². The third-order valence-corrected chi connectivity index (χ3v) is 17.7. The molecule has 0 saturated carbocycles. The molecule has 0 unspecified atom stereocenters. The average Bonchev–Trinajstić information content (AvgIpc) is 4.31. The number of benzene rings is 11. The van der Waals surface area contributed by atoms with Crippen molar-refractivity contribution in [2.24, 2.45) is 0 Å². The van der Waals surface area contributed by atoms with Crippen LogP contribution < -0.4 is 9.80 Å². The summed E-state index contributed by atoms with van der Waals surface area (Å²) in [5.41, 5.74) is 23.5. The molecule has 13 aromatic rings. The molecule has 2 heterocycles. The lowest BCUT2D eigenvalue weighted by atomic mass is 9.81. The van der Waals surface area contributed by atoms with Crippen LogP contribution in [0.4, 0.5) is 34.1 Å². The van der Waals surface area contributed by atoms with E-state index in [4.69, 9.17) is 8.83 Å². The lowest BCUT2D eigenvalue weighted by Crippen LogP contribution is -2.17. The minimum atomic E-state index is -0.126. The van der Waals surface area contributed by atoms with E-state index in [1.165, 1.54) is 67.0 Å². The predicted molar refractivity (Wildman–Crippen MR) is 329 cm³/mol. The Hall–Kier alpha value is -8.86. The molecule has 0 fully saturated rings. The van der Waals surface area contributed by atoms with Crippen molar-refractivity contribution in [3.8, 4) is 22.3 Å². The zero-order chi connectivity index (χ0) is 52.9. The van der Waals surface area contributed by atoms with E-state index in [0.29, 0.717) is 11.8 Å². The maximum absolute atomic E-state index is 6.88. The first-order valence-electron chi connectivity index (χ1n) is 27.8. The molecule has 11 aromatic carbocycles. The molecule has 2 aliphatic carbocycles. The molecule has 4 heteroatoms. The van der Waals surface area contributed by atoms with Crippen LogP contribution in [0.1, 0.15) is 101 Å². The molecule has 0 spiro atoms. The number of para-hydroxylation sites is 2. The lowest BCUT2D eigenvalue weighted by molar-refractivity contribution is 0.659. The van der Waals surface area contributed by atoms with Gasteiger partial charge in [-0.25, -0.2) is 0 Å². The molecule has 2 aromatic heterocycles. The van der Waals surface area contributed by atoms with Gasteiger partial charge in [-0.3, -0.25) is 0 Å². The fraction of sp³-hybridized carbons (Fsp3) is 0.162. The van der Waals surface area contributed by atoms with Gasteiger partial charge in [-0.05, 0) is 163 Å². The number of hydrogen-bond donors (Lipinski definition) is 0. The van der Waals surface area contributed by atoms with Crippen molar-refractivity contribution in [2.45, 2.75) is 78.1 Å². The molecule has 0 aliphatic heterocycles. The van der Waals surface area contributed by atoms with E-state index >= 15 is 0 Å². The highest BCUT2D eigenvalue weighted by atomic mass is 16.3. The molecule has 78 heavy (non-hydrogen) atoms. The minimum absolute atomic E-state index is 0.126. The van der Waals surface area contributed by atoms with Crippen LogP contribution in [0, 0.1) is 0 Å². The SMILES string of the molecule is CC(C)c1ccc2c(c1N(c1ccccc1)c1ccc3cc4c(cc3c1)oc1cc3c(cc14)oc1cc4cc(N(c5ccccc5)c5c(C(C)C)ccc6c5-c5ccccc5C6(C)C)ccc4cc13)-c1ccccc1C2(C)C.